The maximum atomic E-state index is 13.7. The maximum absolute atomic E-state index is 13.7. The lowest BCUT2D eigenvalue weighted by Gasteiger charge is -2.10. The molecule has 1 N–H and O–H groups in total. The van der Waals surface area contributed by atoms with Gasteiger partial charge >= 0.3 is 5.69 Å². The van der Waals surface area contributed by atoms with Gasteiger partial charge in [0, 0.05) is 12.6 Å². The summed E-state index contributed by atoms with van der Waals surface area (Å²) in [7, 11) is 1.32. The Hall–Kier alpha value is -1.85. The monoisotopic (exact) mass is 270 g/mol. The number of hydrogen-bond donors (Lipinski definition) is 1. The van der Waals surface area contributed by atoms with Crippen LogP contribution in [0.4, 0.5) is 15.8 Å². The molecule has 0 aromatic heterocycles. The van der Waals surface area contributed by atoms with Crippen LogP contribution in [0.15, 0.2) is 12.1 Å². The number of ether oxygens (including phenoxy) is 1. The van der Waals surface area contributed by atoms with Crippen LogP contribution in [0, 0.1) is 21.8 Å². The van der Waals surface area contributed by atoms with Gasteiger partial charge in [0.05, 0.1) is 23.8 Å². The number of nitro groups is 1. The van der Waals surface area contributed by atoms with E-state index in [2.05, 4.69) is 19.2 Å². The molecule has 0 atom stereocenters. The minimum Gasteiger partial charge on any atom is -0.490 e. The number of rotatable bonds is 7. The fourth-order valence-corrected chi connectivity index (χ4v) is 1.72. The minimum atomic E-state index is -0.662. The van der Waals surface area contributed by atoms with Crippen LogP contribution in [0.5, 0.6) is 5.75 Å². The van der Waals surface area contributed by atoms with Gasteiger partial charge in [-0.25, -0.2) is 4.39 Å². The number of nitrogens with one attached hydrogen (secondary N) is 1. The lowest BCUT2D eigenvalue weighted by Crippen LogP contribution is -2.06. The van der Waals surface area contributed by atoms with Crippen LogP contribution >= 0.6 is 0 Å². The summed E-state index contributed by atoms with van der Waals surface area (Å²) in [6.45, 7) is 4.86. The van der Waals surface area contributed by atoms with Gasteiger partial charge in [0.2, 0.25) is 0 Å². The SMILES string of the molecule is COc1cc(NCCCC(C)C)c(F)cc1[N+](=O)[O-]. The third-order valence-corrected chi connectivity index (χ3v) is 2.74. The van der Waals surface area contributed by atoms with Crippen LogP contribution in [0.2, 0.25) is 0 Å². The Labute approximate surface area is 111 Å². The first kappa shape index (κ1) is 15.2. The highest BCUT2D eigenvalue weighted by Crippen LogP contribution is 2.32. The van der Waals surface area contributed by atoms with Crippen molar-refractivity contribution in [1.29, 1.82) is 0 Å². The molecular weight excluding hydrogens is 251 g/mol. The summed E-state index contributed by atoms with van der Waals surface area (Å²) in [4.78, 5) is 10.1. The molecule has 0 bridgehead atoms. The molecule has 106 valence electrons. The Bertz CT molecular complexity index is 450. The summed E-state index contributed by atoms with van der Waals surface area (Å²) in [6, 6.07) is 2.20. The quantitative estimate of drug-likeness (QED) is 0.467. The van der Waals surface area contributed by atoms with E-state index >= 15 is 0 Å². The zero-order valence-corrected chi connectivity index (χ0v) is 11.4. The fourth-order valence-electron chi connectivity index (χ4n) is 1.72. The van der Waals surface area contributed by atoms with Gasteiger partial charge in [0.1, 0.15) is 0 Å². The van der Waals surface area contributed by atoms with Crippen LogP contribution in [0.25, 0.3) is 0 Å². The van der Waals surface area contributed by atoms with Crippen molar-refractivity contribution in [2.75, 3.05) is 19.0 Å². The number of nitrogens with zero attached hydrogens (tertiary/aromatic N) is 1. The van der Waals surface area contributed by atoms with Crippen molar-refractivity contribution in [2.45, 2.75) is 26.7 Å². The van der Waals surface area contributed by atoms with Gasteiger partial charge in [-0.2, -0.15) is 0 Å². The second kappa shape index (κ2) is 6.92. The summed E-state index contributed by atoms with van der Waals surface area (Å²) in [6.07, 6.45) is 1.95. The van der Waals surface area contributed by atoms with Crippen molar-refractivity contribution in [2.24, 2.45) is 5.92 Å². The van der Waals surface area contributed by atoms with Crippen molar-refractivity contribution in [3.8, 4) is 5.75 Å². The Kier molecular flexibility index (Phi) is 5.54. The van der Waals surface area contributed by atoms with E-state index in [1.807, 2.05) is 0 Å². The van der Waals surface area contributed by atoms with Crippen molar-refractivity contribution in [3.05, 3.63) is 28.1 Å². The van der Waals surface area contributed by atoms with Gasteiger partial charge in [-0.3, -0.25) is 10.1 Å². The summed E-state index contributed by atoms with van der Waals surface area (Å²) < 4.78 is 18.6. The van der Waals surface area contributed by atoms with Gasteiger partial charge in [-0.05, 0) is 18.8 Å². The molecule has 0 spiro atoms. The van der Waals surface area contributed by atoms with Gasteiger partial charge in [0.25, 0.3) is 0 Å². The largest absolute Gasteiger partial charge is 0.490 e. The van der Waals surface area contributed by atoms with Gasteiger partial charge in [0.15, 0.2) is 11.6 Å². The number of nitro benzene ring substituents is 1. The zero-order chi connectivity index (χ0) is 14.4. The minimum absolute atomic E-state index is 0.0535. The second-order valence-electron chi connectivity index (χ2n) is 4.72. The zero-order valence-electron chi connectivity index (χ0n) is 11.4. The molecule has 0 fully saturated rings. The van der Waals surface area contributed by atoms with E-state index in [4.69, 9.17) is 4.74 Å². The van der Waals surface area contributed by atoms with Crippen molar-refractivity contribution in [1.82, 2.24) is 0 Å². The number of benzene rings is 1. The third-order valence-electron chi connectivity index (χ3n) is 2.74. The van der Waals surface area contributed by atoms with E-state index < -0.39 is 10.7 Å². The van der Waals surface area contributed by atoms with Gasteiger partial charge in [-0.15, -0.1) is 0 Å². The molecule has 5 nitrogen and oxygen atoms in total. The molecule has 0 saturated carbocycles. The third kappa shape index (κ3) is 4.39. The Balaban J connectivity index is 2.76. The molecular formula is C13H19FN2O3. The second-order valence-corrected chi connectivity index (χ2v) is 4.72. The molecule has 0 amide bonds. The summed E-state index contributed by atoms with van der Waals surface area (Å²) in [5, 5.41) is 13.6. The number of halogens is 1. The van der Waals surface area contributed by atoms with E-state index in [0.717, 1.165) is 18.9 Å². The lowest BCUT2D eigenvalue weighted by molar-refractivity contribution is -0.385. The topological polar surface area (TPSA) is 64.4 Å². The van der Waals surface area contributed by atoms with Crippen LogP contribution in [-0.4, -0.2) is 18.6 Å². The summed E-state index contributed by atoms with van der Waals surface area (Å²) >= 11 is 0. The summed E-state index contributed by atoms with van der Waals surface area (Å²) in [5.41, 5.74) is -0.140. The average molecular weight is 270 g/mol. The van der Waals surface area contributed by atoms with Gasteiger partial charge < -0.3 is 10.1 Å². The van der Waals surface area contributed by atoms with E-state index in [1.165, 1.54) is 13.2 Å². The molecule has 1 rings (SSSR count). The van der Waals surface area contributed by atoms with Crippen LogP contribution in [-0.2, 0) is 0 Å². The average Bonchev–Trinajstić information content (AvgIpc) is 2.35. The highest BCUT2D eigenvalue weighted by Gasteiger charge is 2.18. The molecule has 0 aliphatic heterocycles. The normalized spacial score (nSPS) is 10.6. The van der Waals surface area contributed by atoms with Crippen LogP contribution < -0.4 is 10.1 Å². The van der Waals surface area contributed by atoms with Crippen LogP contribution in [0.1, 0.15) is 26.7 Å². The van der Waals surface area contributed by atoms with E-state index in [9.17, 15) is 14.5 Å². The summed E-state index contributed by atoms with van der Waals surface area (Å²) in [5.74, 6) is 0.00727. The Morgan fingerprint density at radius 2 is 2.16 bits per heavy atom. The molecule has 1 aromatic rings. The van der Waals surface area contributed by atoms with E-state index in [1.54, 1.807) is 0 Å². The van der Waals surface area contributed by atoms with E-state index in [-0.39, 0.29) is 17.1 Å². The first-order chi connectivity index (χ1) is 8.95. The molecule has 0 aliphatic rings. The molecule has 0 heterocycles. The Morgan fingerprint density at radius 3 is 2.68 bits per heavy atom. The predicted molar refractivity (Wildman–Crippen MR) is 72.2 cm³/mol. The Morgan fingerprint density at radius 1 is 1.47 bits per heavy atom. The highest BCUT2D eigenvalue weighted by atomic mass is 19.1. The first-order valence-electron chi connectivity index (χ1n) is 6.21. The molecule has 0 radical (unpaired) electrons. The molecule has 1 aromatic carbocycles. The van der Waals surface area contributed by atoms with Crippen molar-refractivity contribution in [3.63, 3.8) is 0 Å². The molecule has 0 unspecified atom stereocenters. The molecule has 19 heavy (non-hydrogen) atoms. The lowest BCUT2D eigenvalue weighted by atomic mass is 10.1. The smallest absolute Gasteiger partial charge is 0.313 e. The number of anilines is 1. The molecule has 0 saturated heterocycles. The first-order valence-corrected chi connectivity index (χ1v) is 6.21. The van der Waals surface area contributed by atoms with Crippen molar-refractivity contribution >= 4 is 11.4 Å². The van der Waals surface area contributed by atoms with Crippen molar-refractivity contribution < 1.29 is 14.1 Å². The molecule has 6 heteroatoms. The van der Waals surface area contributed by atoms with E-state index in [0.29, 0.717) is 12.5 Å². The standard InChI is InChI=1S/C13H19FN2O3/c1-9(2)5-4-6-15-11-8-13(19-3)12(16(17)18)7-10(11)14/h7-9,15H,4-6H2,1-3H3. The molecule has 0 aliphatic carbocycles. The highest BCUT2D eigenvalue weighted by molar-refractivity contribution is 5.59. The number of methoxy groups -OCH3 is 1. The maximum Gasteiger partial charge on any atom is 0.313 e. The predicted octanol–water partition coefficient (Wildman–Crippen LogP) is 3.59. The van der Waals surface area contributed by atoms with Crippen LogP contribution in [0.3, 0.4) is 0 Å². The van der Waals surface area contributed by atoms with Gasteiger partial charge in [-0.1, -0.05) is 13.8 Å². The number of hydrogen-bond acceptors (Lipinski definition) is 4. The fraction of sp³-hybridized carbons (Fsp3) is 0.538.